The number of hydrogen-bond acceptors (Lipinski definition) is 8. The van der Waals surface area contributed by atoms with Gasteiger partial charge >= 0.3 is 0 Å². The predicted octanol–water partition coefficient (Wildman–Crippen LogP) is 6.23. The number of amides is 3. The first-order valence-corrected chi connectivity index (χ1v) is 17.8. The summed E-state index contributed by atoms with van der Waals surface area (Å²) in [5.41, 5.74) is 2.56. The fourth-order valence-electron chi connectivity index (χ4n) is 4.84. The fourth-order valence-corrected chi connectivity index (χ4v) is 6.38. The Morgan fingerprint density at radius 3 is 1.92 bits per heavy atom. The van der Waals surface area contributed by atoms with E-state index in [1.165, 1.54) is 56.3 Å². The summed E-state index contributed by atoms with van der Waals surface area (Å²) < 4.78 is 34.0. The molecule has 13 heteroatoms. The maximum Gasteiger partial charge on any atom is 0.272 e. The van der Waals surface area contributed by atoms with Crippen molar-refractivity contribution in [2.24, 2.45) is 5.14 Å². The number of ether oxygens (including phenoxy) is 2. The van der Waals surface area contributed by atoms with Crippen molar-refractivity contribution in [2.45, 2.75) is 15.0 Å². The molecule has 51 heavy (non-hydrogen) atoms. The summed E-state index contributed by atoms with van der Waals surface area (Å²) in [4.78, 5) is 40.9. The Balaban J connectivity index is 1.34. The first kappa shape index (κ1) is 36.4. The van der Waals surface area contributed by atoms with Gasteiger partial charge in [0.05, 0.1) is 19.1 Å². The number of benzene rings is 5. The van der Waals surface area contributed by atoms with E-state index in [0.29, 0.717) is 34.0 Å². The van der Waals surface area contributed by atoms with E-state index in [1.54, 1.807) is 72.8 Å². The number of primary sulfonamides is 1. The van der Waals surface area contributed by atoms with Crippen LogP contribution in [0.15, 0.2) is 143 Å². The molecular formula is C38H34N4O7S2. The molecule has 1 unspecified atom stereocenters. The average molecular weight is 723 g/mol. The van der Waals surface area contributed by atoms with E-state index in [4.69, 9.17) is 14.6 Å². The van der Waals surface area contributed by atoms with Gasteiger partial charge in [-0.1, -0.05) is 54.6 Å². The van der Waals surface area contributed by atoms with Crippen LogP contribution in [0.1, 0.15) is 26.7 Å². The number of nitrogens with one attached hydrogen (secondary N) is 3. The highest BCUT2D eigenvalue weighted by molar-refractivity contribution is 8.00. The first-order chi connectivity index (χ1) is 24.5. The maximum absolute atomic E-state index is 13.6. The van der Waals surface area contributed by atoms with Gasteiger partial charge in [0.2, 0.25) is 15.9 Å². The van der Waals surface area contributed by atoms with Gasteiger partial charge in [-0.05, 0) is 90.0 Å². The Bertz CT molecular complexity index is 2140. The summed E-state index contributed by atoms with van der Waals surface area (Å²) in [6.45, 7) is 0. The standard InChI is InChI=1S/C38H34N4O7S2/c1-48-33-22-13-25(24-34(33)49-2)23-32(42-36(43)27-11-7-4-8-12-27)37(44)40-28-14-18-30(19-15-28)50-35(26-9-5-3-6-10-26)38(45)41-29-16-20-31(21-17-29)51(39,46)47/h3-24,35H,1-2H3,(H,40,44)(H,41,45)(H,42,43)(H2,39,46,47)/b32-23-. The van der Waals surface area contributed by atoms with Crippen LogP contribution in [-0.4, -0.2) is 40.4 Å². The number of thioether (sulfide) groups is 1. The average Bonchev–Trinajstić information content (AvgIpc) is 3.14. The van der Waals surface area contributed by atoms with Crippen LogP contribution in [0.3, 0.4) is 0 Å². The number of sulfonamides is 1. The SMILES string of the molecule is COc1ccc(/C=C(\NC(=O)c2ccccc2)C(=O)Nc2ccc(SC(C(=O)Nc3ccc(S(N)(=O)=O)cc3)c3ccccc3)cc2)cc1OC. The number of anilines is 2. The van der Waals surface area contributed by atoms with Gasteiger partial charge in [0.25, 0.3) is 11.8 Å². The Labute approximate surface area is 299 Å². The van der Waals surface area contributed by atoms with Gasteiger partial charge in [0.1, 0.15) is 10.9 Å². The zero-order valence-corrected chi connectivity index (χ0v) is 29.2. The van der Waals surface area contributed by atoms with Crippen molar-refractivity contribution in [3.05, 3.63) is 150 Å². The topological polar surface area (TPSA) is 166 Å². The molecular weight excluding hydrogens is 689 g/mol. The lowest BCUT2D eigenvalue weighted by atomic mass is 10.1. The van der Waals surface area contributed by atoms with E-state index in [9.17, 15) is 22.8 Å². The summed E-state index contributed by atoms with van der Waals surface area (Å²) in [6, 6.07) is 35.4. The van der Waals surface area contributed by atoms with Crippen LogP contribution in [0, 0.1) is 0 Å². The van der Waals surface area contributed by atoms with Crippen molar-refractivity contribution in [1.82, 2.24) is 5.32 Å². The molecule has 0 radical (unpaired) electrons. The molecule has 0 aliphatic rings. The molecule has 0 heterocycles. The summed E-state index contributed by atoms with van der Waals surface area (Å²) in [5, 5.41) is 12.9. The minimum absolute atomic E-state index is 0.00701. The number of hydrogen-bond donors (Lipinski definition) is 4. The number of nitrogens with two attached hydrogens (primary N) is 1. The van der Waals surface area contributed by atoms with Crippen LogP contribution < -0.4 is 30.6 Å². The Hall–Kier alpha value is -5.89. The number of rotatable bonds is 13. The highest BCUT2D eigenvalue weighted by Crippen LogP contribution is 2.37. The molecule has 0 aromatic heterocycles. The molecule has 5 N–H and O–H groups in total. The van der Waals surface area contributed by atoms with Crippen LogP contribution in [-0.2, 0) is 19.6 Å². The third-order valence-corrected chi connectivity index (χ3v) is 9.60. The van der Waals surface area contributed by atoms with Crippen molar-refractivity contribution in [2.75, 3.05) is 24.9 Å². The van der Waals surface area contributed by atoms with Crippen molar-refractivity contribution in [1.29, 1.82) is 0 Å². The second-order valence-corrected chi connectivity index (χ2v) is 13.7. The largest absolute Gasteiger partial charge is 0.493 e. The number of carbonyl (C=O) groups excluding carboxylic acids is 3. The van der Waals surface area contributed by atoms with Gasteiger partial charge in [-0.2, -0.15) is 0 Å². The van der Waals surface area contributed by atoms with Crippen molar-refractivity contribution in [3.63, 3.8) is 0 Å². The van der Waals surface area contributed by atoms with E-state index in [-0.39, 0.29) is 16.5 Å². The van der Waals surface area contributed by atoms with E-state index >= 15 is 0 Å². The third-order valence-electron chi connectivity index (χ3n) is 7.40. The van der Waals surface area contributed by atoms with Gasteiger partial charge in [-0.15, -0.1) is 11.8 Å². The lowest BCUT2D eigenvalue weighted by molar-refractivity contribution is -0.116. The van der Waals surface area contributed by atoms with E-state index in [2.05, 4.69) is 16.0 Å². The van der Waals surface area contributed by atoms with Gasteiger partial charge < -0.3 is 25.4 Å². The third kappa shape index (κ3) is 9.85. The molecule has 0 bridgehead atoms. The van der Waals surface area contributed by atoms with Crippen molar-refractivity contribution >= 4 is 57.0 Å². The van der Waals surface area contributed by atoms with Crippen LogP contribution >= 0.6 is 11.8 Å². The maximum atomic E-state index is 13.6. The molecule has 1 atom stereocenters. The molecule has 5 rings (SSSR count). The number of methoxy groups -OCH3 is 2. The van der Waals surface area contributed by atoms with Gasteiger partial charge in [0, 0.05) is 21.8 Å². The molecule has 260 valence electrons. The molecule has 0 saturated carbocycles. The fraction of sp³-hybridized carbons (Fsp3) is 0.0789. The Morgan fingerprint density at radius 2 is 1.31 bits per heavy atom. The summed E-state index contributed by atoms with van der Waals surface area (Å²) >= 11 is 1.29. The second kappa shape index (κ2) is 16.7. The lowest BCUT2D eigenvalue weighted by Gasteiger charge is -2.18. The van der Waals surface area contributed by atoms with Gasteiger partial charge in [-0.3, -0.25) is 14.4 Å². The summed E-state index contributed by atoms with van der Waals surface area (Å²) in [7, 11) is -0.849. The van der Waals surface area contributed by atoms with Crippen molar-refractivity contribution in [3.8, 4) is 11.5 Å². The van der Waals surface area contributed by atoms with E-state index < -0.39 is 27.1 Å². The first-order valence-electron chi connectivity index (χ1n) is 15.4. The summed E-state index contributed by atoms with van der Waals surface area (Å²) in [6.07, 6.45) is 1.54. The minimum atomic E-state index is -3.87. The van der Waals surface area contributed by atoms with E-state index in [1.807, 2.05) is 30.3 Å². The molecule has 5 aromatic rings. The van der Waals surface area contributed by atoms with Crippen LogP contribution in [0.5, 0.6) is 11.5 Å². The van der Waals surface area contributed by atoms with Crippen LogP contribution in [0.2, 0.25) is 0 Å². The summed E-state index contributed by atoms with van der Waals surface area (Å²) in [5.74, 6) is -0.390. The smallest absolute Gasteiger partial charge is 0.272 e. The van der Waals surface area contributed by atoms with Crippen molar-refractivity contribution < 1.29 is 32.3 Å². The van der Waals surface area contributed by atoms with Crippen LogP contribution in [0.4, 0.5) is 11.4 Å². The Morgan fingerprint density at radius 1 is 0.725 bits per heavy atom. The molecule has 0 fully saturated rings. The molecule has 0 spiro atoms. The molecule has 0 aliphatic carbocycles. The zero-order valence-electron chi connectivity index (χ0n) is 27.5. The van der Waals surface area contributed by atoms with Gasteiger partial charge in [0.15, 0.2) is 11.5 Å². The van der Waals surface area contributed by atoms with Gasteiger partial charge in [-0.25, -0.2) is 13.6 Å². The highest BCUT2D eigenvalue weighted by Gasteiger charge is 2.23. The normalized spacial score (nSPS) is 11.9. The predicted molar refractivity (Wildman–Crippen MR) is 198 cm³/mol. The number of carbonyl (C=O) groups is 3. The molecule has 0 saturated heterocycles. The molecule has 11 nitrogen and oxygen atoms in total. The minimum Gasteiger partial charge on any atom is -0.493 e. The molecule has 5 aromatic carbocycles. The highest BCUT2D eigenvalue weighted by atomic mass is 32.2. The quantitative estimate of drug-likeness (QED) is 0.0820. The monoisotopic (exact) mass is 722 g/mol. The molecule has 0 aliphatic heterocycles. The second-order valence-electron chi connectivity index (χ2n) is 10.9. The Kier molecular flexibility index (Phi) is 11.9. The molecule has 3 amide bonds. The zero-order chi connectivity index (χ0) is 36.4. The van der Waals surface area contributed by atoms with Crippen LogP contribution in [0.25, 0.3) is 6.08 Å². The van der Waals surface area contributed by atoms with E-state index in [0.717, 1.165) is 10.5 Å². The lowest BCUT2D eigenvalue weighted by Crippen LogP contribution is -2.30.